The Morgan fingerprint density at radius 1 is 1.47 bits per heavy atom. The molecular weight excluding hydrogens is 242 g/mol. The van der Waals surface area contributed by atoms with Crippen LogP contribution in [0, 0.1) is 0 Å². The lowest BCUT2D eigenvalue weighted by molar-refractivity contribution is 0.172. The quantitative estimate of drug-likeness (QED) is 0.908. The van der Waals surface area contributed by atoms with Gasteiger partial charge < -0.3 is 14.6 Å². The summed E-state index contributed by atoms with van der Waals surface area (Å²) in [5.41, 5.74) is 1.45. The van der Waals surface area contributed by atoms with Gasteiger partial charge in [0.1, 0.15) is 12.4 Å². The summed E-state index contributed by atoms with van der Waals surface area (Å²) in [6, 6.07) is 5.60. The van der Waals surface area contributed by atoms with Crippen molar-refractivity contribution in [2.75, 3.05) is 13.7 Å². The Labute approximate surface area is 114 Å². The molecule has 0 radical (unpaired) electrons. The van der Waals surface area contributed by atoms with E-state index in [9.17, 15) is 5.11 Å². The highest BCUT2D eigenvalue weighted by Gasteiger charge is 2.29. The summed E-state index contributed by atoms with van der Waals surface area (Å²) in [7, 11) is 1.61. The Kier molecular flexibility index (Phi) is 3.80. The molecule has 1 atom stereocenters. The number of hydrogen-bond acceptors (Lipinski definition) is 4. The molecule has 4 heteroatoms. The van der Waals surface area contributed by atoms with Crippen LogP contribution in [0.3, 0.4) is 0 Å². The number of aliphatic hydroxyl groups is 1. The van der Waals surface area contributed by atoms with Gasteiger partial charge in [-0.2, -0.15) is 0 Å². The molecule has 1 heterocycles. The molecule has 1 aliphatic heterocycles. The van der Waals surface area contributed by atoms with Gasteiger partial charge in [0, 0.05) is 5.56 Å². The first-order chi connectivity index (χ1) is 8.96. The summed E-state index contributed by atoms with van der Waals surface area (Å²) < 4.78 is 10.9. The van der Waals surface area contributed by atoms with Crippen LogP contribution in [0.25, 0.3) is 0 Å². The standard InChI is InChI=1S/C15H21NO3/c1-5-13(17)12-8-10(18-4)6-7-11(12)14-16-15(2,3)9-19-14/h6-8,13,17H,5,9H2,1-4H3. The van der Waals surface area contributed by atoms with Gasteiger partial charge in [-0.1, -0.05) is 6.92 Å². The second-order valence-electron chi connectivity index (χ2n) is 5.40. The Balaban J connectivity index is 2.45. The molecule has 1 aliphatic rings. The molecule has 4 nitrogen and oxygen atoms in total. The molecule has 0 saturated carbocycles. The van der Waals surface area contributed by atoms with E-state index >= 15 is 0 Å². The van der Waals surface area contributed by atoms with Gasteiger partial charge in [-0.25, -0.2) is 4.99 Å². The van der Waals surface area contributed by atoms with Crippen molar-refractivity contribution >= 4 is 5.90 Å². The maximum Gasteiger partial charge on any atom is 0.217 e. The monoisotopic (exact) mass is 263 g/mol. The van der Waals surface area contributed by atoms with Crippen LogP contribution < -0.4 is 4.74 Å². The Morgan fingerprint density at radius 3 is 2.74 bits per heavy atom. The molecule has 1 N–H and O–H groups in total. The minimum absolute atomic E-state index is 0.205. The third-order valence-corrected chi connectivity index (χ3v) is 3.20. The minimum Gasteiger partial charge on any atom is -0.497 e. The van der Waals surface area contributed by atoms with Crippen molar-refractivity contribution in [3.63, 3.8) is 0 Å². The maximum atomic E-state index is 10.2. The number of aliphatic imine (C=N–C) groups is 1. The molecule has 0 fully saturated rings. The van der Waals surface area contributed by atoms with Crippen molar-refractivity contribution in [2.45, 2.75) is 38.8 Å². The van der Waals surface area contributed by atoms with E-state index in [0.29, 0.717) is 18.9 Å². The number of nitrogens with zero attached hydrogens (tertiary/aromatic N) is 1. The number of rotatable bonds is 4. The van der Waals surface area contributed by atoms with E-state index in [1.54, 1.807) is 7.11 Å². The smallest absolute Gasteiger partial charge is 0.217 e. The molecule has 1 aromatic rings. The summed E-state index contributed by atoms with van der Waals surface area (Å²) in [6.07, 6.45) is 0.0942. The Morgan fingerprint density at radius 2 is 2.21 bits per heavy atom. The second-order valence-corrected chi connectivity index (χ2v) is 5.40. The van der Waals surface area contributed by atoms with Crippen LogP contribution in [0.5, 0.6) is 5.75 Å². The van der Waals surface area contributed by atoms with E-state index in [-0.39, 0.29) is 5.54 Å². The van der Waals surface area contributed by atoms with Crippen LogP contribution >= 0.6 is 0 Å². The predicted molar refractivity (Wildman–Crippen MR) is 74.8 cm³/mol. The predicted octanol–water partition coefficient (Wildman–Crippen LogP) is 2.69. The fraction of sp³-hybridized carbons (Fsp3) is 0.533. The fourth-order valence-corrected chi connectivity index (χ4v) is 2.08. The number of methoxy groups -OCH3 is 1. The van der Waals surface area contributed by atoms with E-state index < -0.39 is 6.10 Å². The normalized spacial score (nSPS) is 18.7. The molecule has 1 aromatic carbocycles. The fourth-order valence-electron chi connectivity index (χ4n) is 2.08. The van der Waals surface area contributed by atoms with Crippen molar-refractivity contribution in [1.82, 2.24) is 0 Å². The van der Waals surface area contributed by atoms with Gasteiger partial charge in [0.25, 0.3) is 0 Å². The number of aliphatic hydroxyl groups excluding tert-OH is 1. The van der Waals surface area contributed by atoms with Crippen LogP contribution in [0.1, 0.15) is 44.4 Å². The highest BCUT2D eigenvalue weighted by molar-refractivity contribution is 5.97. The molecule has 1 unspecified atom stereocenters. The van der Waals surface area contributed by atoms with Crippen molar-refractivity contribution < 1.29 is 14.6 Å². The maximum absolute atomic E-state index is 10.2. The number of ether oxygens (including phenoxy) is 2. The first kappa shape index (κ1) is 13.9. The molecule has 2 rings (SSSR count). The van der Waals surface area contributed by atoms with E-state index in [1.165, 1.54) is 0 Å². The molecular formula is C15H21NO3. The third kappa shape index (κ3) is 2.89. The second kappa shape index (κ2) is 5.21. The van der Waals surface area contributed by atoms with Crippen molar-refractivity contribution in [3.05, 3.63) is 29.3 Å². The Hall–Kier alpha value is -1.55. The summed E-state index contributed by atoms with van der Waals surface area (Å²) >= 11 is 0. The van der Waals surface area contributed by atoms with Crippen molar-refractivity contribution in [3.8, 4) is 5.75 Å². The SMILES string of the molecule is CCC(O)c1cc(OC)ccc1C1=NC(C)(C)CO1. The van der Waals surface area contributed by atoms with Gasteiger partial charge in [-0.3, -0.25) is 0 Å². The number of benzene rings is 1. The van der Waals surface area contributed by atoms with Crippen LogP contribution in [0.4, 0.5) is 0 Å². The molecule has 104 valence electrons. The molecule has 19 heavy (non-hydrogen) atoms. The van der Waals surface area contributed by atoms with Gasteiger partial charge in [-0.15, -0.1) is 0 Å². The molecule has 0 aromatic heterocycles. The minimum atomic E-state index is -0.542. The van der Waals surface area contributed by atoms with Gasteiger partial charge in [0.05, 0.1) is 18.8 Å². The lowest BCUT2D eigenvalue weighted by atomic mass is 10.00. The number of hydrogen-bond donors (Lipinski definition) is 1. The summed E-state index contributed by atoms with van der Waals surface area (Å²) in [5.74, 6) is 1.33. The zero-order chi connectivity index (χ0) is 14.0. The third-order valence-electron chi connectivity index (χ3n) is 3.20. The molecule has 0 aliphatic carbocycles. The lowest BCUT2D eigenvalue weighted by Crippen LogP contribution is -2.17. The van der Waals surface area contributed by atoms with Crippen molar-refractivity contribution in [2.24, 2.45) is 4.99 Å². The molecule has 0 bridgehead atoms. The molecule has 0 saturated heterocycles. The summed E-state index contributed by atoms with van der Waals surface area (Å²) in [4.78, 5) is 4.57. The van der Waals surface area contributed by atoms with E-state index in [4.69, 9.17) is 9.47 Å². The zero-order valence-electron chi connectivity index (χ0n) is 11.9. The lowest BCUT2D eigenvalue weighted by Gasteiger charge is -2.15. The van der Waals surface area contributed by atoms with Gasteiger partial charge in [0.2, 0.25) is 5.90 Å². The van der Waals surface area contributed by atoms with Crippen LogP contribution in [-0.4, -0.2) is 30.3 Å². The topological polar surface area (TPSA) is 51.0 Å². The van der Waals surface area contributed by atoms with Gasteiger partial charge >= 0.3 is 0 Å². The van der Waals surface area contributed by atoms with Crippen LogP contribution in [0.2, 0.25) is 0 Å². The summed E-state index contributed by atoms with van der Waals surface area (Å²) in [6.45, 7) is 6.56. The van der Waals surface area contributed by atoms with E-state index in [1.807, 2.05) is 39.0 Å². The van der Waals surface area contributed by atoms with Gasteiger partial charge in [-0.05, 0) is 44.0 Å². The summed E-state index contributed by atoms with van der Waals surface area (Å²) in [5, 5.41) is 10.2. The highest BCUT2D eigenvalue weighted by Crippen LogP contribution is 2.29. The highest BCUT2D eigenvalue weighted by atomic mass is 16.5. The van der Waals surface area contributed by atoms with E-state index in [2.05, 4.69) is 4.99 Å². The molecule has 0 amide bonds. The van der Waals surface area contributed by atoms with Crippen LogP contribution in [-0.2, 0) is 4.74 Å². The molecule has 0 spiro atoms. The largest absolute Gasteiger partial charge is 0.497 e. The average molecular weight is 263 g/mol. The van der Waals surface area contributed by atoms with Crippen molar-refractivity contribution in [1.29, 1.82) is 0 Å². The Bertz CT molecular complexity index is 494. The first-order valence-corrected chi connectivity index (χ1v) is 6.56. The average Bonchev–Trinajstić information content (AvgIpc) is 2.77. The zero-order valence-corrected chi connectivity index (χ0v) is 11.9. The first-order valence-electron chi connectivity index (χ1n) is 6.56. The van der Waals surface area contributed by atoms with Crippen LogP contribution in [0.15, 0.2) is 23.2 Å². The van der Waals surface area contributed by atoms with E-state index in [0.717, 1.165) is 16.9 Å². The van der Waals surface area contributed by atoms with Gasteiger partial charge in [0.15, 0.2) is 0 Å².